The van der Waals surface area contributed by atoms with Crippen molar-refractivity contribution in [3.63, 3.8) is 0 Å². The Hall–Kier alpha value is -2.84. The van der Waals surface area contributed by atoms with Gasteiger partial charge in [0, 0.05) is 19.0 Å². The molecular weight excluding hydrogens is 373 g/mol. The molecule has 0 radical (unpaired) electrons. The van der Waals surface area contributed by atoms with Crippen molar-refractivity contribution in [2.24, 2.45) is 5.92 Å². The third kappa shape index (κ3) is 4.02. The van der Waals surface area contributed by atoms with Crippen LogP contribution in [0.25, 0.3) is 0 Å². The molecule has 1 amide bonds. The largest absolute Gasteiger partial charge is 0.573 e. The van der Waals surface area contributed by atoms with Crippen molar-refractivity contribution in [2.75, 3.05) is 23.3 Å². The number of ether oxygens (including phenoxy) is 1. The van der Waals surface area contributed by atoms with Crippen LogP contribution in [0, 0.1) is 5.92 Å². The van der Waals surface area contributed by atoms with E-state index in [1.54, 1.807) is 18.3 Å². The smallest absolute Gasteiger partial charge is 0.405 e. The van der Waals surface area contributed by atoms with Gasteiger partial charge in [-0.25, -0.2) is 9.97 Å². The van der Waals surface area contributed by atoms with E-state index in [1.807, 2.05) is 0 Å². The zero-order valence-corrected chi connectivity index (χ0v) is 14.9. The molecule has 2 atom stereocenters. The van der Waals surface area contributed by atoms with Crippen LogP contribution in [0.1, 0.15) is 30.7 Å². The van der Waals surface area contributed by atoms with Gasteiger partial charge < -0.3 is 15.0 Å². The van der Waals surface area contributed by atoms with Crippen LogP contribution >= 0.6 is 0 Å². The molecule has 2 aliphatic rings. The van der Waals surface area contributed by atoms with Crippen LogP contribution in [-0.4, -0.2) is 35.3 Å². The minimum atomic E-state index is -4.77. The molecule has 0 bridgehead atoms. The molecule has 1 aliphatic heterocycles. The molecule has 1 saturated heterocycles. The number of amides is 1. The summed E-state index contributed by atoms with van der Waals surface area (Å²) in [6.45, 7) is 1.74. The fourth-order valence-electron chi connectivity index (χ4n) is 3.65. The highest BCUT2D eigenvalue weighted by atomic mass is 19.4. The zero-order valence-electron chi connectivity index (χ0n) is 14.9. The van der Waals surface area contributed by atoms with Crippen LogP contribution in [0.2, 0.25) is 0 Å². The Labute approximate surface area is 159 Å². The van der Waals surface area contributed by atoms with Crippen molar-refractivity contribution in [2.45, 2.75) is 31.5 Å². The molecule has 1 aromatic heterocycles. The summed E-state index contributed by atoms with van der Waals surface area (Å²) in [7, 11) is 0. The molecule has 2 heterocycles. The number of nitrogens with zero attached hydrogens (tertiary/aromatic N) is 3. The number of hydrogen-bond donors (Lipinski definition) is 1. The highest BCUT2D eigenvalue weighted by Gasteiger charge is 2.46. The van der Waals surface area contributed by atoms with E-state index in [4.69, 9.17) is 0 Å². The van der Waals surface area contributed by atoms with Crippen LogP contribution in [0.4, 0.5) is 24.7 Å². The topological polar surface area (TPSA) is 67.4 Å². The lowest BCUT2D eigenvalue weighted by molar-refractivity contribution is -0.274. The van der Waals surface area contributed by atoms with Gasteiger partial charge in [0.05, 0.1) is 6.20 Å². The number of para-hydroxylation sites is 1. The fourth-order valence-corrected chi connectivity index (χ4v) is 3.65. The van der Waals surface area contributed by atoms with E-state index >= 15 is 0 Å². The zero-order chi connectivity index (χ0) is 19.7. The number of rotatable bonds is 5. The maximum atomic E-state index is 12.7. The lowest BCUT2D eigenvalue weighted by Crippen LogP contribution is -2.23. The summed E-state index contributed by atoms with van der Waals surface area (Å²) in [4.78, 5) is 23.0. The molecule has 4 rings (SSSR count). The first-order chi connectivity index (χ1) is 13.4. The first-order valence-electron chi connectivity index (χ1n) is 9.13. The third-order valence-corrected chi connectivity index (χ3v) is 5.03. The lowest BCUT2D eigenvalue weighted by atomic mass is 10.1. The summed E-state index contributed by atoms with van der Waals surface area (Å²) >= 11 is 0. The Bertz CT molecular complexity index is 868. The summed E-state index contributed by atoms with van der Waals surface area (Å²) in [6.07, 6.45) is 0.826. The molecule has 0 unspecified atom stereocenters. The quantitative estimate of drug-likeness (QED) is 0.840. The predicted octanol–water partition coefficient (Wildman–Crippen LogP) is 3.72. The number of carbonyl (C=O) groups excluding carboxylic acids is 1. The maximum Gasteiger partial charge on any atom is 0.573 e. The van der Waals surface area contributed by atoms with Gasteiger partial charge in [-0.15, -0.1) is 13.2 Å². The molecular formula is C19H19F3N4O2. The van der Waals surface area contributed by atoms with E-state index in [-0.39, 0.29) is 17.6 Å². The first kappa shape index (κ1) is 18.5. The molecule has 1 aromatic carbocycles. The first-order valence-corrected chi connectivity index (χ1v) is 9.13. The SMILES string of the molecule is O=C(Nc1cncnc1N1CCCC1)[C@H]1C[C@@H]1c1ccccc1OC(F)(F)F. The molecule has 1 aliphatic carbocycles. The van der Waals surface area contributed by atoms with E-state index in [9.17, 15) is 18.0 Å². The van der Waals surface area contributed by atoms with Crippen molar-refractivity contribution in [3.05, 3.63) is 42.4 Å². The molecule has 0 spiro atoms. The van der Waals surface area contributed by atoms with Crippen molar-refractivity contribution < 1.29 is 22.7 Å². The summed E-state index contributed by atoms with van der Waals surface area (Å²) in [5.41, 5.74) is 0.920. The van der Waals surface area contributed by atoms with Gasteiger partial charge in [0.1, 0.15) is 17.8 Å². The van der Waals surface area contributed by atoms with Crippen molar-refractivity contribution in [3.8, 4) is 5.75 Å². The van der Waals surface area contributed by atoms with E-state index in [0.717, 1.165) is 25.9 Å². The molecule has 1 saturated carbocycles. The van der Waals surface area contributed by atoms with E-state index in [1.165, 1.54) is 18.5 Å². The molecule has 6 nitrogen and oxygen atoms in total. The van der Waals surface area contributed by atoms with Gasteiger partial charge in [-0.2, -0.15) is 0 Å². The number of aromatic nitrogens is 2. The maximum absolute atomic E-state index is 12.7. The highest BCUT2D eigenvalue weighted by molar-refractivity contribution is 5.97. The predicted molar refractivity (Wildman–Crippen MR) is 96.1 cm³/mol. The second kappa shape index (κ2) is 7.29. The van der Waals surface area contributed by atoms with Gasteiger partial charge >= 0.3 is 6.36 Å². The van der Waals surface area contributed by atoms with Crippen molar-refractivity contribution >= 4 is 17.4 Å². The standard InChI is InChI=1S/C19H19F3N4O2/c20-19(21,22)28-16-6-2-1-5-12(16)13-9-14(13)18(27)25-15-10-23-11-24-17(15)26-7-3-4-8-26/h1-2,5-6,10-11,13-14H,3-4,7-9H2,(H,25,27)/t13-,14+/m1/s1. The Balaban J connectivity index is 1.47. The van der Waals surface area contributed by atoms with Gasteiger partial charge in [0.25, 0.3) is 0 Å². The second-order valence-electron chi connectivity index (χ2n) is 6.98. The number of anilines is 2. The Morgan fingerprint density at radius 2 is 1.96 bits per heavy atom. The van der Waals surface area contributed by atoms with Crippen LogP contribution in [0.15, 0.2) is 36.8 Å². The molecule has 9 heteroatoms. The van der Waals surface area contributed by atoms with Crippen LogP contribution in [0.5, 0.6) is 5.75 Å². The number of halogens is 3. The Kier molecular flexibility index (Phi) is 4.82. The summed E-state index contributed by atoms with van der Waals surface area (Å²) in [5.74, 6) is -0.542. The Morgan fingerprint density at radius 3 is 2.71 bits per heavy atom. The molecule has 2 aromatic rings. The lowest BCUT2D eigenvalue weighted by Gasteiger charge is -2.19. The second-order valence-corrected chi connectivity index (χ2v) is 6.98. The number of nitrogens with one attached hydrogen (secondary N) is 1. The number of alkyl halides is 3. The van der Waals surface area contributed by atoms with E-state index in [0.29, 0.717) is 23.5 Å². The number of benzene rings is 1. The minimum Gasteiger partial charge on any atom is -0.405 e. The van der Waals surface area contributed by atoms with Crippen LogP contribution in [0.3, 0.4) is 0 Å². The van der Waals surface area contributed by atoms with E-state index < -0.39 is 12.3 Å². The monoisotopic (exact) mass is 392 g/mol. The van der Waals surface area contributed by atoms with Gasteiger partial charge in [0.15, 0.2) is 5.82 Å². The van der Waals surface area contributed by atoms with Crippen LogP contribution < -0.4 is 15.0 Å². The fraction of sp³-hybridized carbons (Fsp3) is 0.421. The normalized spacial score (nSPS) is 21.5. The van der Waals surface area contributed by atoms with E-state index in [2.05, 4.69) is 24.9 Å². The third-order valence-electron chi connectivity index (χ3n) is 5.03. The average Bonchev–Trinajstić information content (AvgIpc) is 3.26. The highest BCUT2D eigenvalue weighted by Crippen LogP contribution is 2.51. The molecule has 148 valence electrons. The van der Waals surface area contributed by atoms with Crippen LogP contribution in [-0.2, 0) is 4.79 Å². The number of carbonyl (C=O) groups is 1. The minimum absolute atomic E-state index is 0.248. The molecule has 28 heavy (non-hydrogen) atoms. The molecule has 2 fully saturated rings. The Morgan fingerprint density at radius 1 is 1.21 bits per heavy atom. The summed E-state index contributed by atoms with van der Waals surface area (Å²) in [6, 6.07) is 5.96. The summed E-state index contributed by atoms with van der Waals surface area (Å²) in [5, 5.41) is 2.85. The van der Waals surface area contributed by atoms with Crippen molar-refractivity contribution in [1.29, 1.82) is 0 Å². The number of hydrogen-bond acceptors (Lipinski definition) is 5. The van der Waals surface area contributed by atoms with Gasteiger partial charge in [-0.05, 0) is 36.8 Å². The summed E-state index contributed by atoms with van der Waals surface area (Å²) < 4.78 is 42.0. The van der Waals surface area contributed by atoms with Crippen molar-refractivity contribution in [1.82, 2.24) is 9.97 Å². The average molecular weight is 392 g/mol. The van der Waals surface area contributed by atoms with Gasteiger partial charge in [-0.1, -0.05) is 18.2 Å². The molecule has 1 N–H and O–H groups in total. The van der Waals surface area contributed by atoms with Gasteiger partial charge in [0.2, 0.25) is 5.91 Å². The van der Waals surface area contributed by atoms with Gasteiger partial charge in [-0.3, -0.25) is 4.79 Å².